The molecule has 9 heteroatoms. The van der Waals surface area contributed by atoms with Crippen LogP contribution in [0.4, 0.5) is 0 Å². The quantitative estimate of drug-likeness (QED) is 0.449. The van der Waals surface area contributed by atoms with Crippen molar-refractivity contribution in [2.24, 2.45) is 5.92 Å². The summed E-state index contributed by atoms with van der Waals surface area (Å²) in [6.45, 7) is 1.14. The van der Waals surface area contributed by atoms with Crippen LogP contribution in [0.15, 0.2) is 0 Å². The Morgan fingerprint density at radius 3 is 2.65 bits per heavy atom. The summed E-state index contributed by atoms with van der Waals surface area (Å²) in [5.74, 6) is -1.79. The van der Waals surface area contributed by atoms with E-state index in [9.17, 15) is 24.9 Å². The number of aliphatic hydroxyl groups is 3. The lowest BCUT2D eigenvalue weighted by atomic mass is 9.91. The summed E-state index contributed by atoms with van der Waals surface area (Å²) < 4.78 is -0.411. The molecule has 0 aliphatic carbocycles. The van der Waals surface area contributed by atoms with Crippen LogP contribution in [0.25, 0.3) is 0 Å². The first kappa shape index (κ1) is 15.9. The molecule has 0 saturated carbocycles. The van der Waals surface area contributed by atoms with Crippen molar-refractivity contribution in [3.05, 3.63) is 0 Å². The molecular weight excluding hydrogens is 306 g/mol. The van der Waals surface area contributed by atoms with E-state index in [1.807, 2.05) is 0 Å². The second kappa shape index (κ2) is 6.10. The Labute approximate surface area is 124 Å². The van der Waals surface area contributed by atoms with Crippen LogP contribution in [0.5, 0.6) is 0 Å². The lowest BCUT2D eigenvalue weighted by Crippen LogP contribution is -2.64. The van der Waals surface area contributed by atoms with Crippen molar-refractivity contribution in [3.63, 3.8) is 0 Å². The first-order valence-corrected chi connectivity index (χ1v) is 8.16. The summed E-state index contributed by atoms with van der Waals surface area (Å²) in [6.07, 6.45) is -1.72. The molecule has 0 radical (unpaired) electrons. The van der Waals surface area contributed by atoms with Gasteiger partial charge in [0.25, 0.3) is 0 Å². The van der Waals surface area contributed by atoms with Gasteiger partial charge >= 0.3 is 5.97 Å². The predicted octanol–water partition coefficient (Wildman–Crippen LogP) is -1.24. The molecule has 2 saturated heterocycles. The molecule has 6 atom stereocenters. The number of carbonyl (C=O) groups excluding carboxylic acids is 1. The van der Waals surface area contributed by atoms with Gasteiger partial charge in [0.2, 0.25) is 5.91 Å². The van der Waals surface area contributed by atoms with E-state index in [1.54, 1.807) is 0 Å². The Bertz CT molecular complexity index is 406. The first-order valence-electron chi connectivity index (χ1n) is 6.17. The molecule has 0 aromatic heterocycles. The van der Waals surface area contributed by atoms with Crippen molar-refractivity contribution >= 4 is 35.4 Å². The smallest absolute Gasteiger partial charge is 0.328 e. The zero-order chi connectivity index (χ0) is 15.0. The zero-order valence-corrected chi connectivity index (χ0v) is 12.4. The number of β-lactam (4-membered cyclic amide) rings is 1. The Morgan fingerprint density at radius 1 is 1.50 bits per heavy atom. The minimum Gasteiger partial charge on any atom is -0.480 e. The molecule has 2 fully saturated rings. The third kappa shape index (κ3) is 2.64. The average Bonchev–Trinajstić information content (AvgIpc) is 2.69. The van der Waals surface area contributed by atoms with E-state index in [4.69, 9.17) is 5.11 Å². The topological polar surface area (TPSA) is 118 Å². The molecule has 0 spiro atoms. The van der Waals surface area contributed by atoms with Gasteiger partial charge in [0.05, 0.1) is 34.7 Å². The lowest BCUT2D eigenvalue weighted by Gasteiger charge is -2.44. The number of hydrogen-bond donors (Lipinski definition) is 4. The summed E-state index contributed by atoms with van der Waals surface area (Å²) in [6, 6.07) is -0.955. The molecule has 2 unspecified atom stereocenters. The van der Waals surface area contributed by atoms with Crippen LogP contribution < -0.4 is 0 Å². The van der Waals surface area contributed by atoms with Crippen molar-refractivity contribution in [2.75, 3.05) is 12.4 Å². The number of carboxylic acids is 1. The zero-order valence-electron chi connectivity index (χ0n) is 10.7. The molecule has 2 aliphatic heterocycles. The van der Waals surface area contributed by atoms with Gasteiger partial charge < -0.3 is 25.3 Å². The third-order valence-corrected chi connectivity index (χ3v) is 6.62. The highest BCUT2D eigenvalue weighted by Crippen LogP contribution is 2.52. The molecule has 20 heavy (non-hydrogen) atoms. The highest BCUT2D eigenvalue weighted by Gasteiger charge is 2.62. The summed E-state index contributed by atoms with van der Waals surface area (Å²) in [5.41, 5.74) is 0. The number of amides is 1. The highest BCUT2D eigenvalue weighted by molar-refractivity contribution is 8.17. The summed E-state index contributed by atoms with van der Waals surface area (Å²) in [7, 11) is 0. The molecule has 0 aromatic rings. The van der Waals surface area contributed by atoms with Crippen molar-refractivity contribution in [1.29, 1.82) is 0 Å². The van der Waals surface area contributed by atoms with E-state index in [-0.39, 0.29) is 23.6 Å². The molecule has 2 aliphatic rings. The normalized spacial score (nSPS) is 35.4. The number of nitrogens with zero attached hydrogens (tertiary/aromatic N) is 1. The largest absolute Gasteiger partial charge is 0.480 e. The van der Waals surface area contributed by atoms with E-state index in [0.717, 1.165) is 0 Å². The van der Waals surface area contributed by atoms with Crippen LogP contribution in [0.2, 0.25) is 0 Å². The molecular formula is C11H17NO6S2. The fraction of sp³-hybridized carbons (Fsp3) is 0.818. The Morgan fingerprint density at radius 2 is 2.15 bits per heavy atom. The number of aliphatic hydroxyl groups excluding tert-OH is 3. The molecule has 0 bridgehead atoms. The minimum atomic E-state index is -1.09. The summed E-state index contributed by atoms with van der Waals surface area (Å²) >= 11 is 2.54. The van der Waals surface area contributed by atoms with E-state index in [1.165, 1.54) is 35.3 Å². The van der Waals surface area contributed by atoms with Gasteiger partial charge in [-0.05, 0) is 6.92 Å². The SMILES string of the molecule is CC(O)[C@@H]1C(=O)N2[C@@H]1S[C@@H](SCC(O)CO)[C@H]2C(=O)O. The van der Waals surface area contributed by atoms with Crippen molar-refractivity contribution in [2.45, 2.75) is 35.1 Å². The number of hydrogen-bond acceptors (Lipinski definition) is 7. The van der Waals surface area contributed by atoms with Gasteiger partial charge in [-0.25, -0.2) is 4.79 Å². The van der Waals surface area contributed by atoms with E-state index in [2.05, 4.69) is 0 Å². The van der Waals surface area contributed by atoms with E-state index < -0.39 is 34.7 Å². The molecule has 7 nitrogen and oxygen atoms in total. The number of aliphatic carboxylic acids is 1. The Kier molecular flexibility index (Phi) is 4.85. The van der Waals surface area contributed by atoms with Gasteiger partial charge in [-0.2, -0.15) is 0 Å². The standard InChI is InChI=1S/C11H17NO6S2/c1-4(14)6-8(16)12-7(10(17)18)11(20-9(6)12)19-3-5(15)2-13/h4-7,9,11,13-15H,2-3H2,1H3,(H,17,18)/t4?,5?,6-,7-,9-,11-/m1/s1. The van der Waals surface area contributed by atoms with Crippen molar-refractivity contribution in [3.8, 4) is 0 Å². The maximum atomic E-state index is 11.9. The van der Waals surface area contributed by atoms with E-state index in [0.29, 0.717) is 0 Å². The van der Waals surface area contributed by atoms with Crippen LogP contribution in [0.3, 0.4) is 0 Å². The van der Waals surface area contributed by atoms with Gasteiger partial charge in [-0.15, -0.1) is 23.5 Å². The molecule has 114 valence electrons. The highest BCUT2D eigenvalue weighted by atomic mass is 32.2. The fourth-order valence-electron chi connectivity index (χ4n) is 2.37. The van der Waals surface area contributed by atoms with Gasteiger partial charge in [-0.1, -0.05) is 0 Å². The number of fused-ring (bicyclic) bond motifs is 1. The molecule has 1 amide bonds. The van der Waals surface area contributed by atoms with Gasteiger partial charge in [0, 0.05) is 5.75 Å². The van der Waals surface area contributed by atoms with Crippen LogP contribution >= 0.6 is 23.5 Å². The number of rotatable bonds is 6. The maximum absolute atomic E-state index is 11.9. The number of carboxylic acid groups (broad SMARTS) is 1. The van der Waals surface area contributed by atoms with Crippen molar-refractivity contribution in [1.82, 2.24) is 4.90 Å². The second-order valence-electron chi connectivity index (χ2n) is 4.86. The first-order chi connectivity index (χ1) is 9.38. The molecule has 2 rings (SSSR count). The van der Waals surface area contributed by atoms with Crippen LogP contribution in [0, 0.1) is 5.92 Å². The van der Waals surface area contributed by atoms with Gasteiger partial charge in [0.15, 0.2) is 6.04 Å². The van der Waals surface area contributed by atoms with Crippen molar-refractivity contribution < 1.29 is 30.0 Å². The van der Waals surface area contributed by atoms with Crippen LogP contribution in [0.1, 0.15) is 6.92 Å². The van der Waals surface area contributed by atoms with Gasteiger partial charge in [0.1, 0.15) is 0 Å². The third-order valence-electron chi connectivity index (χ3n) is 3.39. The summed E-state index contributed by atoms with van der Waals surface area (Å²) in [4.78, 5) is 24.6. The maximum Gasteiger partial charge on any atom is 0.328 e. The number of carbonyl (C=O) groups is 2. The Hall–Kier alpha value is -0.480. The van der Waals surface area contributed by atoms with Gasteiger partial charge in [-0.3, -0.25) is 4.79 Å². The predicted molar refractivity (Wildman–Crippen MR) is 74.2 cm³/mol. The summed E-state index contributed by atoms with van der Waals surface area (Å²) in [5, 5.41) is 36.6. The Balaban J connectivity index is 2.07. The van der Waals surface area contributed by atoms with E-state index >= 15 is 0 Å². The molecule has 0 aromatic carbocycles. The van der Waals surface area contributed by atoms with Crippen LogP contribution in [-0.2, 0) is 9.59 Å². The second-order valence-corrected chi connectivity index (χ2v) is 7.60. The van der Waals surface area contributed by atoms with Crippen LogP contribution in [-0.4, -0.2) is 77.8 Å². The monoisotopic (exact) mass is 323 g/mol. The lowest BCUT2D eigenvalue weighted by molar-refractivity contribution is -0.166. The number of thioether (sulfide) groups is 2. The molecule has 4 N–H and O–H groups in total. The fourth-order valence-corrected chi connectivity index (χ4v) is 5.76. The molecule has 2 heterocycles. The average molecular weight is 323 g/mol. The minimum absolute atomic E-state index is 0.200.